The van der Waals surface area contributed by atoms with Crippen molar-refractivity contribution in [1.29, 1.82) is 5.26 Å². The lowest BCUT2D eigenvalue weighted by atomic mass is 9.90. The Kier molecular flexibility index (Phi) is 5.84. The fraction of sp³-hybridized carbons (Fsp3) is 0.667. The Labute approximate surface area is 138 Å². The second kappa shape index (κ2) is 7.65. The van der Waals surface area contributed by atoms with E-state index < -0.39 is 5.97 Å². The molecule has 0 N–H and O–H groups in total. The third-order valence-corrected chi connectivity index (χ3v) is 4.66. The van der Waals surface area contributed by atoms with Crippen molar-refractivity contribution in [2.45, 2.75) is 52.1 Å². The van der Waals surface area contributed by atoms with Gasteiger partial charge in [-0.15, -0.1) is 0 Å². The van der Waals surface area contributed by atoms with Crippen LogP contribution >= 0.6 is 0 Å². The van der Waals surface area contributed by atoms with Crippen LogP contribution in [0.4, 0.5) is 0 Å². The topological polar surface area (TPSA) is 62.6 Å². The molecule has 0 aromatic carbocycles. The third-order valence-electron chi connectivity index (χ3n) is 4.66. The zero-order chi connectivity index (χ0) is 16.9. The van der Waals surface area contributed by atoms with Crippen LogP contribution in [-0.2, 0) is 14.3 Å². The zero-order valence-electron chi connectivity index (χ0n) is 14.4. The number of ether oxygens (including phenoxy) is 2. The quantitative estimate of drug-likeness (QED) is 0.443. The number of likely N-dealkylation sites (tertiary alicyclic amines) is 1. The summed E-state index contributed by atoms with van der Waals surface area (Å²) in [6.45, 7) is 8.75. The summed E-state index contributed by atoms with van der Waals surface area (Å²) in [7, 11) is 0. The van der Waals surface area contributed by atoms with Crippen LogP contribution in [0, 0.1) is 11.3 Å². The third kappa shape index (κ3) is 4.14. The first-order chi connectivity index (χ1) is 11.0. The minimum atomic E-state index is -0.563. The molecule has 1 saturated heterocycles. The summed E-state index contributed by atoms with van der Waals surface area (Å²) in [5, 5.41) is 9.26. The monoisotopic (exact) mass is 318 g/mol. The second-order valence-corrected chi connectivity index (χ2v) is 6.33. The molecule has 1 atom stereocenters. The van der Waals surface area contributed by atoms with Gasteiger partial charge in [-0.2, -0.15) is 5.26 Å². The molecule has 0 saturated carbocycles. The molecule has 0 spiro atoms. The lowest BCUT2D eigenvalue weighted by Gasteiger charge is -2.39. The maximum Gasteiger partial charge on any atom is 0.348 e. The predicted octanol–water partition coefficient (Wildman–Crippen LogP) is 2.94. The van der Waals surface area contributed by atoms with Crippen molar-refractivity contribution in [2.75, 3.05) is 26.3 Å². The molecule has 0 radical (unpaired) electrons. The lowest BCUT2D eigenvalue weighted by molar-refractivity contribution is -0.138. The van der Waals surface area contributed by atoms with Gasteiger partial charge in [-0.3, -0.25) is 0 Å². The van der Waals surface area contributed by atoms with E-state index >= 15 is 0 Å². The van der Waals surface area contributed by atoms with Crippen LogP contribution in [0.5, 0.6) is 0 Å². The molecule has 5 heteroatoms. The molecule has 0 aromatic heterocycles. The minimum Gasteiger partial charge on any atom is -0.462 e. The first-order valence-corrected chi connectivity index (χ1v) is 8.43. The van der Waals surface area contributed by atoms with Gasteiger partial charge in [0.2, 0.25) is 0 Å². The van der Waals surface area contributed by atoms with Gasteiger partial charge in [-0.05, 0) is 44.8 Å². The highest BCUT2D eigenvalue weighted by atomic mass is 16.5. The van der Waals surface area contributed by atoms with Crippen molar-refractivity contribution in [3.63, 3.8) is 0 Å². The van der Waals surface area contributed by atoms with Crippen molar-refractivity contribution >= 4 is 5.97 Å². The Morgan fingerprint density at radius 3 is 2.70 bits per heavy atom. The first kappa shape index (κ1) is 17.6. The molecule has 2 rings (SSSR count). The van der Waals surface area contributed by atoms with Gasteiger partial charge in [0.1, 0.15) is 11.6 Å². The molecule has 0 bridgehead atoms. The van der Waals surface area contributed by atoms with E-state index in [9.17, 15) is 10.1 Å². The molecule has 126 valence electrons. The number of nitriles is 1. The maximum atomic E-state index is 11.9. The number of carbonyl (C=O) groups excluding carboxylic acids is 1. The van der Waals surface area contributed by atoms with Crippen LogP contribution in [0.3, 0.4) is 0 Å². The van der Waals surface area contributed by atoms with E-state index in [1.165, 1.54) is 18.5 Å². The highest BCUT2D eigenvalue weighted by Crippen LogP contribution is 2.35. The first-order valence-electron chi connectivity index (χ1n) is 8.43. The van der Waals surface area contributed by atoms with Crippen molar-refractivity contribution < 1.29 is 14.3 Å². The van der Waals surface area contributed by atoms with Crippen LogP contribution < -0.4 is 0 Å². The molecule has 0 unspecified atom stereocenters. The van der Waals surface area contributed by atoms with Gasteiger partial charge in [-0.1, -0.05) is 6.92 Å². The molecular weight excluding hydrogens is 292 g/mol. The van der Waals surface area contributed by atoms with Gasteiger partial charge < -0.3 is 14.4 Å². The van der Waals surface area contributed by atoms with Crippen molar-refractivity contribution in [1.82, 2.24) is 4.90 Å². The van der Waals surface area contributed by atoms with E-state index in [2.05, 4.69) is 18.7 Å². The molecule has 0 aromatic rings. The van der Waals surface area contributed by atoms with Crippen LogP contribution in [0.2, 0.25) is 0 Å². The maximum absolute atomic E-state index is 11.9. The molecular formula is C18H26N2O3. The van der Waals surface area contributed by atoms with Crippen molar-refractivity contribution in [2.24, 2.45) is 0 Å². The smallest absolute Gasteiger partial charge is 0.348 e. The average Bonchev–Trinajstić information content (AvgIpc) is 3.08. The summed E-state index contributed by atoms with van der Waals surface area (Å²) in [4.78, 5) is 14.2. The number of rotatable bonds is 5. The summed E-state index contributed by atoms with van der Waals surface area (Å²) in [6, 6.07) is 1.96. The van der Waals surface area contributed by atoms with E-state index in [0.717, 1.165) is 31.5 Å². The summed E-state index contributed by atoms with van der Waals surface area (Å²) in [6.07, 6.45) is 5.78. The van der Waals surface area contributed by atoms with Gasteiger partial charge in [0.05, 0.1) is 18.8 Å². The van der Waals surface area contributed by atoms with Crippen LogP contribution in [0.25, 0.3) is 0 Å². The number of nitrogens with zero attached hydrogens (tertiary/aromatic N) is 2. The predicted molar refractivity (Wildman–Crippen MR) is 87.4 cm³/mol. The number of carbonyl (C=O) groups is 1. The Bertz CT molecular complexity index is 553. The fourth-order valence-corrected chi connectivity index (χ4v) is 3.03. The normalized spacial score (nSPS) is 25.5. The lowest BCUT2D eigenvalue weighted by Crippen LogP contribution is -2.38. The molecule has 5 nitrogen and oxygen atoms in total. The SMILES string of the molecule is CCOC(=O)/C(C#N)=C/C1=C(N2CCCC2)C[C@@](C)(CC)OC1. The van der Waals surface area contributed by atoms with E-state index in [4.69, 9.17) is 9.47 Å². The molecule has 0 aliphatic carbocycles. The second-order valence-electron chi connectivity index (χ2n) is 6.33. The molecule has 1 fully saturated rings. The Morgan fingerprint density at radius 2 is 2.13 bits per heavy atom. The van der Waals surface area contributed by atoms with Gasteiger partial charge in [0.15, 0.2) is 0 Å². The zero-order valence-corrected chi connectivity index (χ0v) is 14.4. The molecule has 2 aliphatic heterocycles. The van der Waals surface area contributed by atoms with Gasteiger partial charge in [-0.25, -0.2) is 4.79 Å². The average molecular weight is 318 g/mol. The van der Waals surface area contributed by atoms with Gasteiger partial charge in [0.25, 0.3) is 0 Å². The largest absolute Gasteiger partial charge is 0.462 e. The molecule has 2 aliphatic rings. The molecule has 0 amide bonds. The van der Waals surface area contributed by atoms with Gasteiger partial charge in [0, 0.05) is 25.2 Å². The number of hydrogen-bond donors (Lipinski definition) is 0. The van der Waals surface area contributed by atoms with Crippen molar-refractivity contribution in [3.8, 4) is 6.07 Å². The van der Waals surface area contributed by atoms with Gasteiger partial charge >= 0.3 is 5.97 Å². The Morgan fingerprint density at radius 1 is 1.43 bits per heavy atom. The number of hydrogen-bond acceptors (Lipinski definition) is 5. The fourth-order valence-electron chi connectivity index (χ4n) is 3.03. The number of esters is 1. The summed E-state index contributed by atoms with van der Waals surface area (Å²) in [5.41, 5.74) is 2.02. The standard InChI is InChI=1S/C18H26N2O3/c1-4-18(3)11-16(20-8-6-7-9-20)15(13-23-18)10-14(12-19)17(21)22-5-2/h10H,4-9,11,13H2,1-3H3/b14-10+/t18-/m1/s1. The molecule has 2 heterocycles. The van der Waals surface area contributed by atoms with Crippen LogP contribution in [-0.4, -0.2) is 42.8 Å². The Hall–Kier alpha value is -1.80. The summed E-state index contributed by atoms with van der Waals surface area (Å²) in [5.74, 6) is -0.563. The highest BCUT2D eigenvalue weighted by molar-refractivity contribution is 5.93. The molecule has 23 heavy (non-hydrogen) atoms. The van der Waals surface area contributed by atoms with E-state index in [1.807, 2.05) is 6.07 Å². The summed E-state index contributed by atoms with van der Waals surface area (Å²) >= 11 is 0. The van der Waals surface area contributed by atoms with Crippen molar-refractivity contribution in [3.05, 3.63) is 22.9 Å². The van der Waals surface area contributed by atoms with E-state index in [0.29, 0.717) is 6.61 Å². The highest BCUT2D eigenvalue weighted by Gasteiger charge is 2.33. The minimum absolute atomic E-state index is 0.0437. The van der Waals surface area contributed by atoms with Crippen LogP contribution in [0.15, 0.2) is 22.9 Å². The van der Waals surface area contributed by atoms with E-state index in [-0.39, 0.29) is 17.8 Å². The summed E-state index contributed by atoms with van der Waals surface area (Å²) < 4.78 is 11.0. The Balaban J connectivity index is 2.35. The van der Waals surface area contributed by atoms with Crippen LogP contribution in [0.1, 0.15) is 46.5 Å². The van der Waals surface area contributed by atoms with E-state index in [1.54, 1.807) is 13.0 Å².